The minimum atomic E-state index is -0.979. The van der Waals surface area contributed by atoms with E-state index in [1.807, 2.05) is 67.6 Å². The van der Waals surface area contributed by atoms with Gasteiger partial charge in [0.25, 0.3) is 0 Å². The van der Waals surface area contributed by atoms with Crippen LogP contribution in [0.4, 0.5) is 0 Å². The molecule has 16 heavy (non-hydrogen) atoms. The topological polar surface area (TPSA) is 17.1 Å². The molecule has 2 aromatic carbocycles. The Kier molecular flexibility index (Phi) is 3.52. The van der Waals surface area contributed by atoms with Crippen molar-refractivity contribution in [3.8, 4) is 0 Å². The van der Waals surface area contributed by atoms with Crippen LogP contribution < -0.4 is 0 Å². The predicted molar refractivity (Wildman–Crippen MR) is 67.7 cm³/mol. The molecule has 1 nitrogen and oxygen atoms in total. The van der Waals surface area contributed by atoms with Crippen molar-refractivity contribution in [3.05, 3.63) is 66.2 Å². The zero-order valence-corrected chi connectivity index (χ0v) is 9.98. The summed E-state index contributed by atoms with van der Waals surface area (Å²) in [7, 11) is -0.979. The van der Waals surface area contributed by atoms with Gasteiger partial charge < -0.3 is 0 Å². The monoisotopic (exact) mass is 230 g/mol. The molecule has 0 aliphatic rings. The minimum absolute atomic E-state index is 0.0311. The number of hydrogen-bond acceptors (Lipinski definition) is 1. The Bertz CT molecular complexity index is 465. The molecule has 0 aromatic heterocycles. The first-order chi connectivity index (χ1) is 7.79. The van der Waals surface area contributed by atoms with Crippen molar-refractivity contribution in [1.82, 2.24) is 0 Å². The quantitative estimate of drug-likeness (QED) is 0.788. The maximum Gasteiger partial charge on any atom is 0.0615 e. The summed E-state index contributed by atoms with van der Waals surface area (Å²) in [6, 6.07) is 19.6. The van der Waals surface area contributed by atoms with E-state index in [1.54, 1.807) is 0 Å². The van der Waals surface area contributed by atoms with Crippen LogP contribution in [0.3, 0.4) is 0 Å². The van der Waals surface area contributed by atoms with Crippen LogP contribution in [-0.2, 0) is 10.8 Å². The van der Waals surface area contributed by atoms with Crippen molar-refractivity contribution in [2.24, 2.45) is 0 Å². The molecule has 1 unspecified atom stereocenters. The Labute approximate surface area is 98.6 Å². The Morgan fingerprint density at radius 2 is 1.38 bits per heavy atom. The summed E-state index contributed by atoms with van der Waals surface area (Å²) in [4.78, 5) is 0.888. The fourth-order valence-electron chi connectivity index (χ4n) is 1.61. The largest absolute Gasteiger partial charge is 0.254 e. The second-order valence-corrected chi connectivity index (χ2v) is 5.44. The van der Waals surface area contributed by atoms with Crippen molar-refractivity contribution < 1.29 is 4.21 Å². The maximum atomic E-state index is 12.3. The molecule has 0 heterocycles. The number of rotatable bonds is 3. The lowest BCUT2D eigenvalue weighted by Crippen LogP contribution is -2.02. The molecule has 0 fully saturated rings. The molecule has 0 spiro atoms. The summed E-state index contributed by atoms with van der Waals surface area (Å²) in [6.07, 6.45) is 0. The molecule has 82 valence electrons. The van der Waals surface area contributed by atoms with Gasteiger partial charge in [-0.25, -0.2) is 0 Å². The lowest BCUT2D eigenvalue weighted by molar-refractivity contribution is 0.676. The van der Waals surface area contributed by atoms with Crippen LogP contribution in [0.15, 0.2) is 65.6 Å². The first-order valence-electron chi connectivity index (χ1n) is 5.29. The molecule has 0 amide bonds. The lowest BCUT2D eigenvalue weighted by atomic mass is 10.2. The van der Waals surface area contributed by atoms with Gasteiger partial charge in [0.15, 0.2) is 0 Å². The Hall–Kier alpha value is -1.41. The molecule has 0 saturated heterocycles. The van der Waals surface area contributed by atoms with Gasteiger partial charge in [-0.2, -0.15) is 0 Å². The van der Waals surface area contributed by atoms with E-state index in [1.165, 1.54) is 0 Å². The van der Waals surface area contributed by atoms with Crippen LogP contribution in [0.5, 0.6) is 0 Å². The fraction of sp³-hybridized carbons (Fsp3) is 0.143. The highest BCUT2D eigenvalue weighted by Crippen LogP contribution is 2.23. The summed E-state index contributed by atoms with van der Waals surface area (Å²) in [6.45, 7) is 2.00. The van der Waals surface area contributed by atoms with E-state index in [4.69, 9.17) is 0 Å². The van der Waals surface area contributed by atoms with E-state index in [0.29, 0.717) is 0 Å². The highest BCUT2D eigenvalue weighted by Gasteiger charge is 2.14. The summed E-state index contributed by atoms with van der Waals surface area (Å²) in [5, 5.41) is 0.0311. The van der Waals surface area contributed by atoms with Crippen molar-refractivity contribution >= 4 is 10.8 Å². The van der Waals surface area contributed by atoms with E-state index < -0.39 is 10.8 Å². The number of benzene rings is 2. The van der Waals surface area contributed by atoms with E-state index in [2.05, 4.69) is 0 Å². The Balaban J connectivity index is 2.24. The summed E-state index contributed by atoms with van der Waals surface area (Å²) < 4.78 is 12.3. The molecule has 0 aliphatic carbocycles. The van der Waals surface area contributed by atoms with Gasteiger partial charge in [0, 0.05) is 4.90 Å². The van der Waals surface area contributed by atoms with Gasteiger partial charge in [-0.1, -0.05) is 48.5 Å². The van der Waals surface area contributed by atoms with E-state index in [0.717, 1.165) is 10.5 Å². The average Bonchev–Trinajstić information content (AvgIpc) is 2.39. The molecule has 2 heteroatoms. The molecule has 0 N–H and O–H groups in total. The summed E-state index contributed by atoms with van der Waals surface area (Å²) in [5.74, 6) is 0. The van der Waals surface area contributed by atoms with Crippen LogP contribution in [0, 0.1) is 0 Å². The molecule has 2 atom stereocenters. The minimum Gasteiger partial charge on any atom is -0.254 e. The zero-order valence-electron chi connectivity index (χ0n) is 9.17. The van der Waals surface area contributed by atoms with Gasteiger partial charge in [0.2, 0.25) is 0 Å². The van der Waals surface area contributed by atoms with Gasteiger partial charge >= 0.3 is 0 Å². The smallest absolute Gasteiger partial charge is 0.0615 e. The maximum absolute atomic E-state index is 12.3. The van der Waals surface area contributed by atoms with Gasteiger partial charge in [-0.05, 0) is 24.6 Å². The van der Waals surface area contributed by atoms with Crippen LogP contribution in [0.2, 0.25) is 0 Å². The van der Waals surface area contributed by atoms with Gasteiger partial charge in [-0.15, -0.1) is 0 Å². The van der Waals surface area contributed by atoms with Crippen LogP contribution in [0.1, 0.15) is 17.7 Å². The summed E-state index contributed by atoms with van der Waals surface area (Å²) in [5.41, 5.74) is 1.12. The fourth-order valence-corrected chi connectivity index (χ4v) is 2.84. The van der Waals surface area contributed by atoms with E-state index >= 15 is 0 Å². The van der Waals surface area contributed by atoms with Crippen LogP contribution in [0.25, 0.3) is 0 Å². The van der Waals surface area contributed by atoms with Gasteiger partial charge in [-0.3, -0.25) is 4.21 Å². The van der Waals surface area contributed by atoms with Crippen molar-refractivity contribution in [2.45, 2.75) is 17.1 Å². The van der Waals surface area contributed by atoms with Crippen molar-refractivity contribution in [1.29, 1.82) is 0 Å². The molecule has 0 aliphatic heterocycles. The predicted octanol–water partition coefficient (Wildman–Crippen LogP) is 3.56. The van der Waals surface area contributed by atoms with Crippen LogP contribution >= 0.6 is 0 Å². The Morgan fingerprint density at radius 1 is 0.875 bits per heavy atom. The SMILES string of the molecule is C[C@H](c1ccccc1)S(=O)c1ccccc1. The zero-order chi connectivity index (χ0) is 11.4. The highest BCUT2D eigenvalue weighted by atomic mass is 32.2. The molecule has 0 bridgehead atoms. The highest BCUT2D eigenvalue weighted by molar-refractivity contribution is 7.85. The second-order valence-electron chi connectivity index (χ2n) is 3.66. The van der Waals surface area contributed by atoms with E-state index in [-0.39, 0.29) is 5.25 Å². The van der Waals surface area contributed by atoms with Gasteiger partial charge in [0.05, 0.1) is 16.0 Å². The first-order valence-corrected chi connectivity index (χ1v) is 6.51. The first kappa shape index (κ1) is 11.1. The van der Waals surface area contributed by atoms with Crippen molar-refractivity contribution in [2.75, 3.05) is 0 Å². The third-order valence-electron chi connectivity index (χ3n) is 2.57. The molecular weight excluding hydrogens is 216 g/mol. The lowest BCUT2D eigenvalue weighted by Gasteiger charge is -2.11. The molecule has 0 saturated carbocycles. The van der Waals surface area contributed by atoms with Gasteiger partial charge in [0.1, 0.15) is 0 Å². The molecular formula is C14H14OS. The van der Waals surface area contributed by atoms with Crippen molar-refractivity contribution in [3.63, 3.8) is 0 Å². The second kappa shape index (κ2) is 5.08. The molecule has 0 radical (unpaired) electrons. The third-order valence-corrected chi connectivity index (χ3v) is 4.22. The standard InChI is InChI=1S/C14H14OS/c1-12(13-8-4-2-5-9-13)16(15)14-10-6-3-7-11-14/h2-12H,1H3/t12-,16?/m1/s1. The summed E-state index contributed by atoms with van der Waals surface area (Å²) >= 11 is 0. The Morgan fingerprint density at radius 3 is 1.94 bits per heavy atom. The number of hydrogen-bond donors (Lipinski definition) is 0. The van der Waals surface area contributed by atoms with E-state index in [9.17, 15) is 4.21 Å². The average molecular weight is 230 g/mol. The third kappa shape index (κ3) is 2.39. The molecule has 2 aromatic rings. The normalized spacial score (nSPS) is 14.3. The van der Waals surface area contributed by atoms with Crippen LogP contribution in [-0.4, -0.2) is 4.21 Å². The molecule has 2 rings (SSSR count).